The molecule has 1 saturated heterocycles. The Morgan fingerprint density at radius 1 is 1.15 bits per heavy atom. The smallest absolute Gasteiger partial charge is 0.148 e. The first kappa shape index (κ1) is 13.2. The van der Waals surface area contributed by atoms with Crippen molar-refractivity contribution < 1.29 is 0 Å². The van der Waals surface area contributed by atoms with Gasteiger partial charge in [-0.05, 0) is 25.0 Å². The Balaban J connectivity index is 1.58. The van der Waals surface area contributed by atoms with Crippen molar-refractivity contribution in [1.82, 2.24) is 9.97 Å². The van der Waals surface area contributed by atoms with Crippen LogP contribution >= 0.6 is 11.6 Å². The van der Waals surface area contributed by atoms with Crippen molar-refractivity contribution in [2.45, 2.75) is 18.9 Å². The Morgan fingerprint density at radius 2 is 1.90 bits per heavy atom. The Bertz CT molecular complexity index is 553. The number of nitrogens with zero attached hydrogens (tertiary/aromatic N) is 3. The molecule has 0 saturated carbocycles. The molecular weight excluding hydrogens is 272 g/mol. The molecule has 1 aromatic carbocycles. The van der Waals surface area contributed by atoms with E-state index in [-0.39, 0.29) is 0 Å². The van der Waals surface area contributed by atoms with Crippen LogP contribution < -0.4 is 10.2 Å². The molecule has 0 amide bonds. The predicted octanol–water partition coefficient (Wildman–Crippen LogP) is 3.21. The highest BCUT2D eigenvalue weighted by Gasteiger charge is 2.20. The van der Waals surface area contributed by atoms with Gasteiger partial charge in [0.25, 0.3) is 0 Å². The lowest BCUT2D eigenvalue weighted by Crippen LogP contribution is -2.39. The Hall–Kier alpha value is -1.81. The third kappa shape index (κ3) is 3.02. The summed E-state index contributed by atoms with van der Waals surface area (Å²) in [5, 5.41) is 3.99. The molecule has 0 bridgehead atoms. The number of rotatable bonds is 3. The molecule has 0 radical (unpaired) electrons. The van der Waals surface area contributed by atoms with Gasteiger partial charge in [0, 0.05) is 24.8 Å². The third-order valence-electron chi connectivity index (χ3n) is 3.62. The first-order valence-corrected chi connectivity index (χ1v) is 7.23. The quantitative estimate of drug-likeness (QED) is 0.941. The number of halogens is 1. The monoisotopic (exact) mass is 288 g/mol. The average molecular weight is 289 g/mol. The fourth-order valence-electron chi connectivity index (χ4n) is 2.53. The summed E-state index contributed by atoms with van der Waals surface area (Å²) >= 11 is 6.07. The van der Waals surface area contributed by atoms with Crippen LogP contribution in [0.15, 0.2) is 42.9 Å². The Morgan fingerprint density at radius 3 is 2.60 bits per heavy atom. The van der Waals surface area contributed by atoms with Crippen LogP contribution in [0.1, 0.15) is 12.8 Å². The van der Waals surface area contributed by atoms with Crippen LogP contribution in [0.2, 0.25) is 5.02 Å². The van der Waals surface area contributed by atoms with Crippen molar-refractivity contribution in [3.05, 3.63) is 47.9 Å². The lowest BCUT2D eigenvalue weighted by atomic mass is 10.0. The Labute approximate surface area is 123 Å². The van der Waals surface area contributed by atoms with Crippen LogP contribution in [-0.4, -0.2) is 29.1 Å². The first-order chi connectivity index (χ1) is 9.83. The van der Waals surface area contributed by atoms with E-state index in [1.807, 2.05) is 0 Å². The van der Waals surface area contributed by atoms with E-state index in [0.29, 0.717) is 11.1 Å². The first-order valence-electron chi connectivity index (χ1n) is 6.85. The molecule has 1 N–H and O–H groups in total. The zero-order chi connectivity index (χ0) is 13.8. The maximum Gasteiger partial charge on any atom is 0.148 e. The van der Waals surface area contributed by atoms with E-state index in [4.69, 9.17) is 11.6 Å². The molecule has 0 aliphatic carbocycles. The molecule has 2 aromatic rings. The van der Waals surface area contributed by atoms with Gasteiger partial charge in [-0.3, -0.25) is 0 Å². The van der Waals surface area contributed by atoms with Crippen LogP contribution in [0.5, 0.6) is 0 Å². The number of para-hydroxylation sites is 1. The zero-order valence-corrected chi connectivity index (χ0v) is 11.9. The summed E-state index contributed by atoms with van der Waals surface area (Å²) in [7, 11) is 0. The van der Waals surface area contributed by atoms with Gasteiger partial charge in [0.05, 0.1) is 6.20 Å². The second-order valence-electron chi connectivity index (χ2n) is 4.96. The summed E-state index contributed by atoms with van der Waals surface area (Å²) in [6.07, 6.45) is 5.30. The average Bonchev–Trinajstić information content (AvgIpc) is 2.51. The number of hydrogen-bond donors (Lipinski definition) is 1. The van der Waals surface area contributed by atoms with Gasteiger partial charge in [0.2, 0.25) is 0 Å². The summed E-state index contributed by atoms with van der Waals surface area (Å²) in [6.45, 7) is 2.09. The van der Waals surface area contributed by atoms with Crippen LogP contribution in [0.25, 0.3) is 0 Å². The molecule has 5 heteroatoms. The van der Waals surface area contributed by atoms with E-state index in [1.165, 1.54) is 12.0 Å². The van der Waals surface area contributed by atoms with Gasteiger partial charge in [0.15, 0.2) is 0 Å². The fourth-order valence-corrected chi connectivity index (χ4v) is 2.69. The van der Waals surface area contributed by atoms with E-state index in [1.54, 1.807) is 6.20 Å². The molecule has 0 unspecified atom stereocenters. The number of piperidine rings is 1. The van der Waals surface area contributed by atoms with Gasteiger partial charge < -0.3 is 10.2 Å². The molecule has 104 valence electrons. The largest absolute Gasteiger partial charge is 0.371 e. The molecule has 4 nitrogen and oxygen atoms in total. The molecule has 3 rings (SSSR count). The van der Waals surface area contributed by atoms with E-state index < -0.39 is 0 Å². The lowest BCUT2D eigenvalue weighted by Gasteiger charge is -2.34. The Kier molecular flexibility index (Phi) is 4.02. The standard InChI is InChI=1S/C15H17ClN4/c16-14-10-17-11-18-15(14)19-12-6-8-20(9-7-12)13-4-2-1-3-5-13/h1-5,10-12H,6-9H2,(H,17,18,19). The van der Waals surface area contributed by atoms with E-state index in [9.17, 15) is 0 Å². The molecule has 1 aliphatic rings. The van der Waals surface area contributed by atoms with E-state index in [0.717, 1.165) is 31.7 Å². The summed E-state index contributed by atoms with van der Waals surface area (Å²) in [5.74, 6) is 0.736. The molecule has 0 spiro atoms. The van der Waals surface area contributed by atoms with Gasteiger partial charge in [-0.15, -0.1) is 0 Å². The zero-order valence-electron chi connectivity index (χ0n) is 11.2. The maximum absolute atomic E-state index is 6.07. The number of anilines is 2. The number of benzene rings is 1. The number of nitrogens with one attached hydrogen (secondary N) is 1. The molecule has 20 heavy (non-hydrogen) atoms. The molecule has 1 fully saturated rings. The van der Waals surface area contributed by atoms with Crippen LogP contribution in [0.4, 0.5) is 11.5 Å². The second kappa shape index (κ2) is 6.09. The minimum atomic E-state index is 0.419. The van der Waals surface area contributed by atoms with Gasteiger partial charge in [0.1, 0.15) is 17.2 Å². The van der Waals surface area contributed by atoms with Crippen LogP contribution in [0.3, 0.4) is 0 Å². The highest BCUT2D eigenvalue weighted by Crippen LogP contribution is 2.23. The number of aromatic nitrogens is 2. The highest BCUT2D eigenvalue weighted by molar-refractivity contribution is 6.32. The molecule has 0 atom stereocenters. The fraction of sp³-hybridized carbons (Fsp3) is 0.333. The summed E-state index contributed by atoms with van der Waals surface area (Å²) < 4.78 is 0. The third-order valence-corrected chi connectivity index (χ3v) is 3.90. The summed E-state index contributed by atoms with van der Waals surface area (Å²) in [4.78, 5) is 10.5. The highest BCUT2D eigenvalue weighted by atomic mass is 35.5. The molecule has 1 aromatic heterocycles. The minimum Gasteiger partial charge on any atom is -0.371 e. The van der Waals surface area contributed by atoms with Crippen LogP contribution in [0, 0.1) is 0 Å². The van der Waals surface area contributed by atoms with E-state index in [2.05, 4.69) is 50.5 Å². The van der Waals surface area contributed by atoms with Gasteiger partial charge >= 0.3 is 0 Å². The van der Waals surface area contributed by atoms with Crippen molar-refractivity contribution in [1.29, 1.82) is 0 Å². The van der Waals surface area contributed by atoms with Crippen molar-refractivity contribution in [2.24, 2.45) is 0 Å². The van der Waals surface area contributed by atoms with Gasteiger partial charge in [-0.25, -0.2) is 9.97 Å². The SMILES string of the molecule is Clc1cncnc1NC1CCN(c2ccccc2)CC1. The van der Waals surface area contributed by atoms with Crippen molar-refractivity contribution in [3.63, 3.8) is 0 Å². The van der Waals surface area contributed by atoms with Crippen molar-refractivity contribution in [2.75, 3.05) is 23.3 Å². The second-order valence-corrected chi connectivity index (χ2v) is 5.37. The molecule has 2 heterocycles. The lowest BCUT2D eigenvalue weighted by molar-refractivity contribution is 0.525. The van der Waals surface area contributed by atoms with Crippen molar-refractivity contribution >= 4 is 23.1 Å². The van der Waals surface area contributed by atoms with Gasteiger partial charge in [-0.2, -0.15) is 0 Å². The molecule has 1 aliphatic heterocycles. The maximum atomic E-state index is 6.07. The summed E-state index contributed by atoms with van der Waals surface area (Å²) in [5.41, 5.74) is 1.30. The van der Waals surface area contributed by atoms with Gasteiger partial charge in [-0.1, -0.05) is 29.8 Å². The summed E-state index contributed by atoms with van der Waals surface area (Å²) in [6, 6.07) is 11.0. The van der Waals surface area contributed by atoms with E-state index >= 15 is 0 Å². The van der Waals surface area contributed by atoms with Crippen LogP contribution in [-0.2, 0) is 0 Å². The predicted molar refractivity (Wildman–Crippen MR) is 82.3 cm³/mol. The molecular formula is C15H17ClN4. The minimum absolute atomic E-state index is 0.419. The normalized spacial score (nSPS) is 16.1. The topological polar surface area (TPSA) is 41.1 Å². The van der Waals surface area contributed by atoms with Crippen molar-refractivity contribution in [3.8, 4) is 0 Å². The number of hydrogen-bond acceptors (Lipinski definition) is 4.